The number of aliphatic hydroxyl groups is 1. The third-order valence-corrected chi connectivity index (χ3v) is 4.16. The lowest BCUT2D eigenvalue weighted by molar-refractivity contribution is -0.117. The summed E-state index contributed by atoms with van der Waals surface area (Å²) < 4.78 is 0. The second kappa shape index (κ2) is 7.41. The van der Waals surface area contributed by atoms with Crippen molar-refractivity contribution < 1.29 is 9.90 Å². The summed E-state index contributed by atoms with van der Waals surface area (Å²) in [5.74, 6) is 0.149. The minimum atomic E-state index is -0.407. The average Bonchev–Trinajstić information content (AvgIpc) is 2.88. The summed E-state index contributed by atoms with van der Waals surface area (Å²) >= 11 is 0. The first kappa shape index (κ1) is 15.8. The highest BCUT2D eigenvalue weighted by atomic mass is 16.3. The Balaban J connectivity index is 2.04. The van der Waals surface area contributed by atoms with E-state index in [4.69, 9.17) is 0 Å². The molecule has 1 saturated heterocycles. The molecule has 1 N–H and O–H groups in total. The summed E-state index contributed by atoms with van der Waals surface area (Å²) in [4.78, 5) is 13.8. The number of aliphatic hydroxyl groups excluding tert-OH is 1. The van der Waals surface area contributed by atoms with Gasteiger partial charge in [0.05, 0.1) is 12.1 Å². The third-order valence-electron chi connectivity index (χ3n) is 4.16. The highest BCUT2D eigenvalue weighted by molar-refractivity contribution is 5.96. The lowest BCUT2D eigenvalue weighted by Gasteiger charge is -2.23. The SMILES string of the molecule is C=CC1CCC(=O)N1c1ccc([C@@H](O)CCCCC)cc1. The van der Waals surface area contributed by atoms with E-state index in [1.165, 1.54) is 0 Å². The monoisotopic (exact) mass is 287 g/mol. The molecule has 1 aromatic carbocycles. The standard InChI is InChI=1S/C18H25NO2/c1-3-5-6-7-17(20)14-8-10-16(11-9-14)19-15(4-2)12-13-18(19)21/h4,8-11,15,17,20H,2-3,5-7,12-13H2,1H3/t15?,17-/m0/s1. The number of hydrogen-bond acceptors (Lipinski definition) is 2. The molecule has 2 atom stereocenters. The average molecular weight is 287 g/mol. The van der Waals surface area contributed by atoms with E-state index in [1.54, 1.807) is 4.90 Å². The quantitative estimate of drug-likeness (QED) is 0.608. The van der Waals surface area contributed by atoms with Gasteiger partial charge < -0.3 is 10.0 Å². The molecule has 0 aromatic heterocycles. The van der Waals surface area contributed by atoms with Gasteiger partial charge >= 0.3 is 0 Å². The number of benzene rings is 1. The molecule has 1 aromatic rings. The third kappa shape index (κ3) is 3.73. The summed E-state index contributed by atoms with van der Waals surface area (Å²) in [6.07, 6.45) is 6.99. The van der Waals surface area contributed by atoms with Crippen LogP contribution in [0.5, 0.6) is 0 Å². The molecule has 1 aliphatic heterocycles. The Kier molecular flexibility index (Phi) is 5.57. The fourth-order valence-corrected chi connectivity index (χ4v) is 2.88. The Morgan fingerprint density at radius 3 is 2.71 bits per heavy atom. The van der Waals surface area contributed by atoms with Crippen molar-refractivity contribution in [2.24, 2.45) is 0 Å². The summed E-state index contributed by atoms with van der Waals surface area (Å²) in [7, 11) is 0. The Labute approximate surface area is 127 Å². The number of carbonyl (C=O) groups excluding carboxylic acids is 1. The van der Waals surface area contributed by atoms with Crippen molar-refractivity contribution in [1.29, 1.82) is 0 Å². The van der Waals surface area contributed by atoms with Crippen LogP contribution in [-0.4, -0.2) is 17.1 Å². The summed E-state index contributed by atoms with van der Waals surface area (Å²) in [6, 6.07) is 7.81. The lowest BCUT2D eigenvalue weighted by atomic mass is 10.0. The molecule has 2 rings (SSSR count). The van der Waals surface area contributed by atoms with E-state index in [0.717, 1.165) is 43.4 Å². The number of anilines is 1. The van der Waals surface area contributed by atoms with Crippen LogP contribution in [0.3, 0.4) is 0 Å². The van der Waals surface area contributed by atoms with Crippen LogP contribution in [0.25, 0.3) is 0 Å². The van der Waals surface area contributed by atoms with E-state index in [2.05, 4.69) is 13.5 Å². The van der Waals surface area contributed by atoms with E-state index in [-0.39, 0.29) is 11.9 Å². The predicted octanol–water partition coefficient (Wildman–Crippen LogP) is 3.98. The minimum absolute atomic E-state index is 0.0952. The number of nitrogens with zero attached hydrogens (tertiary/aromatic N) is 1. The summed E-state index contributed by atoms with van der Waals surface area (Å²) in [6.45, 7) is 5.96. The molecule has 1 amide bonds. The van der Waals surface area contributed by atoms with Crippen molar-refractivity contribution in [2.45, 2.75) is 57.6 Å². The highest BCUT2D eigenvalue weighted by Gasteiger charge is 2.29. The molecule has 0 aliphatic carbocycles. The van der Waals surface area contributed by atoms with Crippen LogP contribution in [0.2, 0.25) is 0 Å². The Morgan fingerprint density at radius 2 is 2.10 bits per heavy atom. The maximum Gasteiger partial charge on any atom is 0.227 e. The largest absolute Gasteiger partial charge is 0.388 e. The van der Waals surface area contributed by atoms with Crippen molar-refractivity contribution in [3.63, 3.8) is 0 Å². The normalized spacial score (nSPS) is 19.8. The van der Waals surface area contributed by atoms with Gasteiger partial charge in [-0.2, -0.15) is 0 Å². The van der Waals surface area contributed by atoms with E-state index in [0.29, 0.717) is 6.42 Å². The van der Waals surface area contributed by atoms with Crippen molar-refractivity contribution in [3.8, 4) is 0 Å². The number of unbranched alkanes of at least 4 members (excludes halogenated alkanes) is 2. The molecule has 3 heteroatoms. The Hall–Kier alpha value is -1.61. The maximum atomic E-state index is 12.0. The van der Waals surface area contributed by atoms with Gasteiger partial charge in [0.1, 0.15) is 0 Å². The van der Waals surface area contributed by atoms with E-state index < -0.39 is 6.10 Å². The molecule has 0 radical (unpaired) electrons. The zero-order valence-electron chi connectivity index (χ0n) is 12.8. The second-order valence-electron chi connectivity index (χ2n) is 5.71. The van der Waals surface area contributed by atoms with Gasteiger partial charge in [-0.25, -0.2) is 0 Å². The van der Waals surface area contributed by atoms with Gasteiger partial charge in [-0.15, -0.1) is 6.58 Å². The second-order valence-corrected chi connectivity index (χ2v) is 5.71. The topological polar surface area (TPSA) is 40.5 Å². The first-order valence-electron chi connectivity index (χ1n) is 7.90. The van der Waals surface area contributed by atoms with Crippen LogP contribution in [-0.2, 0) is 4.79 Å². The molecule has 1 heterocycles. The van der Waals surface area contributed by atoms with Gasteiger partial charge in [0.2, 0.25) is 5.91 Å². The number of amides is 1. The first-order chi connectivity index (χ1) is 10.2. The van der Waals surface area contributed by atoms with Crippen LogP contribution in [0.15, 0.2) is 36.9 Å². The molecule has 21 heavy (non-hydrogen) atoms. The highest BCUT2D eigenvalue weighted by Crippen LogP contribution is 2.29. The molecule has 3 nitrogen and oxygen atoms in total. The summed E-state index contributed by atoms with van der Waals surface area (Å²) in [5, 5.41) is 10.2. The predicted molar refractivity (Wildman–Crippen MR) is 86.2 cm³/mol. The van der Waals surface area contributed by atoms with E-state index in [1.807, 2.05) is 30.3 Å². The van der Waals surface area contributed by atoms with E-state index >= 15 is 0 Å². The van der Waals surface area contributed by atoms with Crippen molar-refractivity contribution in [3.05, 3.63) is 42.5 Å². The number of rotatable bonds is 7. The van der Waals surface area contributed by atoms with Gasteiger partial charge in [-0.3, -0.25) is 4.79 Å². The van der Waals surface area contributed by atoms with Crippen LogP contribution in [0.1, 0.15) is 57.1 Å². The molecular weight excluding hydrogens is 262 g/mol. The minimum Gasteiger partial charge on any atom is -0.388 e. The zero-order chi connectivity index (χ0) is 15.2. The molecule has 0 saturated carbocycles. The van der Waals surface area contributed by atoms with Gasteiger partial charge in [-0.05, 0) is 30.5 Å². The maximum absolute atomic E-state index is 12.0. The van der Waals surface area contributed by atoms with Gasteiger partial charge in [0.25, 0.3) is 0 Å². The van der Waals surface area contributed by atoms with Gasteiger partial charge in [0, 0.05) is 12.1 Å². The van der Waals surface area contributed by atoms with Crippen LogP contribution < -0.4 is 4.90 Å². The van der Waals surface area contributed by atoms with E-state index in [9.17, 15) is 9.90 Å². The fourth-order valence-electron chi connectivity index (χ4n) is 2.88. The zero-order valence-corrected chi connectivity index (χ0v) is 12.8. The lowest BCUT2D eigenvalue weighted by Crippen LogP contribution is -2.31. The Bertz CT molecular complexity index is 480. The van der Waals surface area contributed by atoms with Crippen LogP contribution in [0.4, 0.5) is 5.69 Å². The first-order valence-corrected chi connectivity index (χ1v) is 7.90. The number of hydrogen-bond donors (Lipinski definition) is 1. The molecule has 1 unspecified atom stereocenters. The van der Waals surface area contributed by atoms with Crippen molar-refractivity contribution in [2.75, 3.05) is 4.90 Å². The molecular formula is C18H25NO2. The molecule has 1 fully saturated rings. The molecule has 0 spiro atoms. The smallest absolute Gasteiger partial charge is 0.227 e. The molecule has 114 valence electrons. The Morgan fingerprint density at radius 1 is 1.38 bits per heavy atom. The molecule has 1 aliphatic rings. The van der Waals surface area contributed by atoms with Crippen molar-refractivity contribution in [1.82, 2.24) is 0 Å². The molecule has 0 bridgehead atoms. The summed E-state index contributed by atoms with van der Waals surface area (Å²) in [5.41, 5.74) is 1.82. The van der Waals surface area contributed by atoms with Gasteiger partial charge in [0.15, 0.2) is 0 Å². The van der Waals surface area contributed by atoms with Crippen LogP contribution >= 0.6 is 0 Å². The fraction of sp³-hybridized carbons (Fsp3) is 0.500. The van der Waals surface area contributed by atoms with Crippen molar-refractivity contribution >= 4 is 11.6 Å². The number of carbonyl (C=O) groups is 1. The van der Waals surface area contributed by atoms with Gasteiger partial charge in [-0.1, -0.05) is 44.4 Å². The van der Waals surface area contributed by atoms with Crippen LogP contribution in [0, 0.1) is 0 Å².